The Balaban J connectivity index is 0.000000526. The van der Waals surface area contributed by atoms with Crippen LogP contribution in [0.1, 0.15) is 32.1 Å². The maximum absolute atomic E-state index is 9.39. The Morgan fingerprint density at radius 2 is 1.55 bits per heavy atom. The van der Waals surface area contributed by atoms with Crippen molar-refractivity contribution in [1.29, 1.82) is 5.26 Å². The molecule has 2 saturated heterocycles. The van der Waals surface area contributed by atoms with Crippen molar-refractivity contribution in [2.75, 3.05) is 24.6 Å². The summed E-state index contributed by atoms with van der Waals surface area (Å²) >= 11 is 2.00. The van der Waals surface area contributed by atoms with Crippen molar-refractivity contribution < 1.29 is 17.5 Å². The van der Waals surface area contributed by atoms with E-state index in [0.717, 1.165) is 25.9 Å². The third kappa shape index (κ3) is 7.45. The van der Waals surface area contributed by atoms with Gasteiger partial charge in [-0.3, -0.25) is 13.3 Å². The van der Waals surface area contributed by atoms with E-state index in [1.54, 1.807) is 0 Å². The summed E-state index contributed by atoms with van der Waals surface area (Å²) in [6, 6.07) is 2.60. The average Bonchev–Trinajstić information content (AvgIpc) is 2.39. The predicted octanol–water partition coefficient (Wildman–Crippen LogP) is 0.543. The molecule has 0 spiro atoms. The van der Waals surface area contributed by atoms with Gasteiger partial charge in [0.2, 0.25) is 0 Å². The van der Waals surface area contributed by atoms with E-state index in [9.17, 15) is 5.26 Å². The Morgan fingerprint density at radius 3 is 1.95 bits per heavy atom. The molecule has 0 radical (unpaired) electrons. The Bertz CT molecular complexity index is 405. The molecular weight excluding hydrogens is 313 g/mol. The van der Waals surface area contributed by atoms with Crippen LogP contribution in [-0.4, -0.2) is 75.6 Å². The molecule has 0 atom stereocenters. The van der Waals surface area contributed by atoms with Crippen molar-refractivity contribution in [2.24, 2.45) is 0 Å². The van der Waals surface area contributed by atoms with Crippen LogP contribution in [0.2, 0.25) is 0 Å². The van der Waals surface area contributed by atoms with Crippen molar-refractivity contribution in [1.82, 2.24) is 4.90 Å². The molecule has 0 saturated carbocycles. The Labute approximate surface area is 141 Å². The largest absolute Gasteiger partial charge is 2.00 e. The first kappa shape index (κ1) is 20.4. The molecule has 110 valence electrons. The standard InChI is InChI=1S/C11H18N2S.Mg.H2O4S/c12-10-11(4-8-14-9-5-11)13-6-2-1-3-7-13;;1-5(2,3)4/h1-9H2;;(H2,1,2,3,4)/q;+2;/p-2. The fraction of sp³-hybridized carbons (Fsp3) is 0.909. The fourth-order valence-corrected chi connectivity index (χ4v) is 3.70. The van der Waals surface area contributed by atoms with Crippen LogP contribution < -0.4 is 0 Å². The topological polar surface area (TPSA) is 107 Å². The zero-order chi connectivity index (χ0) is 14.4. The number of piperidine rings is 1. The summed E-state index contributed by atoms with van der Waals surface area (Å²) in [7, 11) is -5.17. The fourth-order valence-electron chi connectivity index (χ4n) is 2.53. The maximum atomic E-state index is 9.39. The second-order valence-corrected chi connectivity index (χ2v) is 6.75. The van der Waals surface area contributed by atoms with Crippen molar-refractivity contribution in [3.8, 4) is 6.07 Å². The van der Waals surface area contributed by atoms with E-state index in [2.05, 4.69) is 11.0 Å². The molecule has 6 nitrogen and oxygen atoms in total. The molecule has 0 aromatic heterocycles. The number of likely N-dealkylation sites (tertiary alicyclic amines) is 1. The van der Waals surface area contributed by atoms with Gasteiger partial charge in [0.1, 0.15) is 5.54 Å². The van der Waals surface area contributed by atoms with Crippen LogP contribution in [0.25, 0.3) is 0 Å². The van der Waals surface area contributed by atoms with Crippen LogP contribution in [-0.2, 0) is 10.4 Å². The van der Waals surface area contributed by atoms with Crippen LogP contribution in [0, 0.1) is 11.3 Å². The normalized spacial score (nSPS) is 22.6. The quantitative estimate of drug-likeness (QED) is 0.392. The maximum Gasteiger partial charge on any atom is 2.00 e. The van der Waals surface area contributed by atoms with Gasteiger partial charge in [0.15, 0.2) is 0 Å². The van der Waals surface area contributed by atoms with E-state index in [-0.39, 0.29) is 28.6 Å². The van der Waals surface area contributed by atoms with E-state index < -0.39 is 10.4 Å². The van der Waals surface area contributed by atoms with Gasteiger partial charge in [-0.1, -0.05) is 6.42 Å². The summed E-state index contributed by atoms with van der Waals surface area (Å²) in [6.07, 6.45) is 6.09. The van der Waals surface area contributed by atoms with Gasteiger partial charge < -0.3 is 9.11 Å². The summed E-state index contributed by atoms with van der Waals surface area (Å²) in [6.45, 7) is 2.30. The van der Waals surface area contributed by atoms with Crippen molar-refractivity contribution in [3.63, 3.8) is 0 Å². The van der Waals surface area contributed by atoms with Gasteiger partial charge in [0.05, 0.1) is 6.07 Å². The van der Waals surface area contributed by atoms with Crippen LogP contribution in [0.3, 0.4) is 0 Å². The monoisotopic (exact) mass is 330 g/mol. The number of nitrogens with zero attached hydrogens (tertiary/aromatic N) is 2. The van der Waals surface area contributed by atoms with E-state index in [1.807, 2.05) is 11.8 Å². The van der Waals surface area contributed by atoms with E-state index >= 15 is 0 Å². The van der Waals surface area contributed by atoms with Gasteiger partial charge in [0, 0.05) is 10.4 Å². The second-order valence-electron chi connectivity index (χ2n) is 4.71. The molecule has 2 rings (SSSR count). The summed E-state index contributed by atoms with van der Waals surface area (Å²) in [4.78, 5) is 2.45. The molecule has 9 heteroatoms. The number of nitriles is 1. The van der Waals surface area contributed by atoms with Gasteiger partial charge in [0.25, 0.3) is 0 Å². The van der Waals surface area contributed by atoms with Gasteiger partial charge in [-0.2, -0.15) is 17.0 Å². The molecule has 0 bridgehead atoms. The van der Waals surface area contributed by atoms with Gasteiger partial charge >= 0.3 is 23.1 Å². The van der Waals surface area contributed by atoms with E-state index in [0.29, 0.717) is 0 Å². The Hall–Kier alpha value is 0.436. The van der Waals surface area contributed by atoms with Crippen LogP contribution in [0.15, 0.2) is 0 Å². The molecule has 0 amide bonds. The SMILES string of the molecule is N#CC1(N2CCCCC2)CCSCC1.O=S(=O)([O-])[O-].[Mg+2]. The molecule has 0 aromatic rings. The predicted molar refractivity (Wildman–Crippen MR) is 76.6 cm³/mol. The number of rotatable bonds is 1. The third-order valence-electron chi connectivity index (χ3n) is 3.49. The molecule has 2 heterocycles. The van der Waals surface area contributed by atoms with Crippen molar-refractivity contribution in [2.45, 2.75) is 37.6 Å². The van der Waals surface area contributed by atoms with E-state index in [1.165, 1.54) is 30.8 Å². The molecule has 0 aromatic carbocycles. The Kier molecular flexibility index (Phi) is 9.66. The van der Waals surface area contributed by atoms with Crippen LogP contribution in [0.5, 0.6) is 0 Å². The minimum absolute atomic E-state index is 0. The minimum Gasteiger partial charge on any atom is -0.759 e. The van der Waals surface area contributed by atoms with Crippen LogP contribution in [0.4, 0.5) is 0 Å². The first-order valence-electron chi connectivity index (χ1n) is 6.28. The summed E-state index contributed by atoms with van der Waals surface area (Å²) in [5, 5.41) is 9.39. The zero-order valence-electron chi connectivity index (χ0n) is 11.4. The van der Waals surface area contributed by atoms with Crippen LogP contribution >= 0.6 is 11.8 Å². The molecule has 0 aliphatic carbocycles. The third-order valence-corrected chi connectivity index (χ3v) is 4.48. The molecule has 2 aliphatic heterocycles. The smallest absolute Gasteiger partial charge is 0.759 e. The summed E-state index contributed by atoms with van der Waals surface area (Å²) in [5.41, 5.74) is -0.0916. The number of thioether (sulfide) groups is 1. The summed E-state index contributed by atoms with van der Waals surface area (Å²) < 4.78 is 34.1. The first-order chi connectivity index (χ1) is 8.87. The van der Waals surface area contributed by atoms with Crippen molar-refractivity contribution >= 4 is 45.2 Å². The average molecular weight is 331 g/mol. The van der Waals surface area contributed by atoms with Gasteiger partial charge in [-0.05, 0) is 50.3 Å². The molecule has 0 unspecified atom stereocenters. The second kappa shape index (κ2) is 9.45. The zero-order valence-corrected chi connectivity index (χ0v) is 14.5. The molecule has 0 N–H and O–H groups in total. The minimum atomic E-state index is -5.17. The molecule has 2 fully saturated rings. The number of hydrogen-bond acceptors (Lipinski definition) is 7. The van der Waals surface area contributed by atoms with E-state index in [4.69, 9.17) is 17.5 Å². The Morgan fingerprint density at radius 1 is 1.10 bits per heavy atom. The van der Waals surface area contributed by atoms with Crippen molar-refractivity contribution in [3.05, 3.63) is 0 Å². The number of hydrogen-bond donors (Lipinski definition) is 0. The molecular formula is C11H18MgN2O4S2. The summed E-state index contributed by atoms with van der Waals surface area (Å²) in [5.74, 6) is 2.34. The van der Waals surface area contributed by atoms with Gasteiger partial charge in [-0.15, -0.1) is 0 Å². The molecule has 2 aliphatic rings. The van der Waals surface area contributed by atoms with Gasteiger partial charge in [-0.25, -0.2) is 0 Å². The first-order valence-corrected chi connectivity index (χ1v) is 8.77. The molecule has 20 heavy (non-hydrogen) atoms.